The van der Waals surface area contributed by atoms with E-state index in [1.807, 2.05) is 24.3 Å². The molecule has 2 N–H and O–H groups in total. The lowest BCUT2D eigenvalue weighted by Gasteiger charge is -2.38. The Kier molecular flexibility index (Phi) is 6.03. The van der Waals surface area contributed by atoms with Crippen LogP contribution in [0.4, 0.5) is 0 Å². The molecule has 3 rings (SSSR count). The number of ether oxygens (including phenoxy) is 2. The smallest absolute Gasteiger partial charge is 0.256 e. The molecule has 1 aromatic heterocycles. The van der Waals surface area contributed by atoms with Gasteiger partial charge in [0.15, 0.2) is 17.1 Å². The Hall–Kier alpha value is -2.51. The van der Waals surface area contributed by atoms with Gasteiger partial charge in [0, 0.05) is 37.3 Å². The summed E-state index contributed by atoms with van der Waals surface area (Å²) in [6.07, 6.45) is 4.42. The van der Waals surface area contributed by atoms with Crippen LogP contribution in [0.3, 0.4) is 0 Å². The maximum Gasteiger partial charge on any atom is 0.256 e. The van der Waals surface area contributed by atoms with Crippen molar-refractivity contribution in [2.45, 2.75) is 31.5 Å². The van der Waals surface area contributed by atoms with Crippen molar-refractivity contribution in [3.8, 4) is 11.5 Å². The standard InChI is InChI=1S/C20H26N2O5/c1-25-17-6-3-5-16(18(17)26-2)12-22-9-4-8-20(24,19(22)23)14-21-11-15-7-10-27-13-15/h3,5-7,10,13,21,24H,4,8-9,11-12,14H2,1-2H3. The third kappa shape index (κ3) is 4.26. The summed E-state index contributed by atoms with van der Waals surface area (Å²) in [5.41, 5.74) is 0.411. The SMILES string of the molecule is COc1cccc(CN2CCCC(O)(CNCc3ccoc3)C2=O)c1OC. The monoisotopic (exact) mass is 374 g/mol. The van der Waals surface area contributed by atoms with E-state index in [1.165, 1.54) is 0 Å². The normalized spacial score (nSPS) is 20.0. The first-order valence-corrected chi connectivity index (χ1v) is 9.01. The summed E-state index contributed by atoms with van der Waals surface area (Å²) in [6, 6.07) is 7.43. The molecule has 27 heavy (non-hydrogen) atoms. The first kappa shape index (κ1) is 19.3. The molecule has 1 unspecified atom stereocenters. The highest BCUT2D eigenvalue weighted by Crippen LogP contribution is 2.33. The predicted molar refractivity (Wildman–Crippen MR) is 99.6 cm³/mol. The highest BCUT2D eigenvalue weighted by Gasteiger charge is 2.42. The van der Waals surface area contributed by atoms with E-state index in [-0.39, 0.29) is 12.5 Å². The van der Waals surface area contributed by atoms with Crippen molar-refractivity contribution >= 4 is 5.91 Å². The number of nitrogens with zero attached hydrogens (tertiary/aromatic N) is 1. The van der Waals surface area contributed by atoms with Gasteiger partial charge in [0.25, 0.3) is 5.91 Å². The summed E-state index contributed by atoms with van der Waals surface area (Å²) in [5.74, 6) is 0.967. The molecule has 2 aromatic rings. The van der Waals surface area contributed by atoms with Crippen molar-refractivity contribution in [1.29, 1.82) is 0 Å². The van der Waals surface area contributed by atoms with Crippen LogP contribution in [0.15, 0.2) is 41.2 Å². The second kappa shape index (κ2) is 8.45. The molecule has 1 aromatic carbocycles. The lowest BCUT2D eigenvalue weighted by molar-refractivity contribution is -0.157. The van der Waals surface area contributed by atoms with Crippen molar-refractivity contribution in [2.75, 3.05) is 27.3 Å². The van der Waals surface area contributed by atoms with Crippen LogP contribution in [0.2, 0.25) is 0 Å². The van der Waals surface area contributed by atoms with Crippen LogP contribution in [-0.4, -0.2) is 48.8 Å². The fraction of sp³-hybridized carbons (Fsp3) is 0.450. The third-order valence-corrected chi connectivity index (χ3v) is 4.88. The van der Waals surface area contributed by atoms with E-state index in [4.69, 9.17) is 13.9 Å². The molecular weight excluding hydrogens is 348 g/mol. The molecule has 0 aliphatic carbocycles. The van der Waals surface area contributed by atoms with Gasteiger partial charge in [-0.3, -0.25) is 4.79 Å². The number of likely N-dealkylation sites (tertiary alicyclic amines) is 1. The van der Waals surface area contributed by atoms with Crippen LogP contribution >= 0.6 is 0 Å². The number of hydrogen-bond acceptors (Lipinski definition) is 6. The molecule has 2 heterocycles. The van der Waals surface area contributed by atoms with E-state index in [0.29, 0.717) is 37.6 Å². The van der Waals surface area contributed by atoms with Gasteiger partial charge in [0.1, 0.15) is 0 Å². The van der Waals surface area contributed by atoms with Gasteiger partial charge >= 0.3 is 0 Å². The number of furan rings is 1. The first-order valence-electron chi connectivity index (χ1n) is 9.01. The minimum absolute atomic E-state index is 0.197. The Morgan fingerprint density at radius 1 is 1.30 bits per heavy atom. The molecule has 1 aliphatic rings. The number of rotatable bonds is 8. The molecule has 1 atom stereocenters. The van der Waals surface area contributed by atoms with E-state index in [2.05, 4.69) is 5.32 Å². The largest absolute Gasteiger partial charge is 0.493 e. The molecular formula is C20H26N2O5. The lowest BCUT2D eigenvalue weighted by atomic mass is 9.91. The number of hydrogen-bond donors (Lipinski definition) is 2. The summed E-state index contributed by atoms with van der Waals surface area (Å²) >= 11 is 0. The number of carbonyl (C=O) groups excluding carboxylic acids is 1. The zero-order valence-corrected chi connectivity index (χ0v) is 15.7. The lowest BCUT2D eigenvalue weighted by Crippen LogP contribution is -2.57. The van der Waals surface area contributed by atoms with Crippen molar-refractivity contribution in [2.24, 2.45) is 0 Å². The molecule has 1 amide bonds. The number of amides is 1. The summed E-state index contributed by atoms with van der Waals surface area (Å²) in [5, 5.41) is 14.1. The molecule has 0 bridgehead atoms. The zero-order chi connectivity index (χ0) is 19.3. The molecule has 7 nitrogen and oxygen atoms in total. The Morgan fingerprint density at radius 2 is 2.15 bits per heavy atom. The Morgan fingerprint density at radius 3 is 2.85 bits per heavy atom. The molecule has 146 valence electrons. The van der Waals surface area contributed by atoms with Gasteiger partial charge in [-0.1, -0.05) is 12.1 Å². The second-order valence-corrected chi connectivity index (χ2v) is 6.75. The van der Waals surface area contributed by atoms with Crippen LogP contribution in [0.5, 0.6) is 11.5 Å². The highest BCUT2D eigenvalue weighted by molar-refractivity contribution is 5.86. The van der Waals surface area contributed by atoms with Crippen molar-refractivity contribution in [1.82, 2.24) is 10.2 Å². The van der Waals surface area contributed by atoms with E-state index in [9.17, 15) is 9.90 Å². The molecule has 0 saturated carbocycles. The average molecular weight is 374 g/mol. The van der Waals surface area contributed by atoms with E-state index < -0.39 is 5.60 Å². The van der Waals surface area contributed by atoms with Gasteiger partial charge in [-0.2, -0.15) is 0 Å². The fourth-order valence-corrected chi connectivity index (χ4v) is 3.47. The fourth-order valence-electron chi connectivity index (χ4n) is 3.47. The van der Waals surface area contributed by atoms with Crippen LogP contribution in [-0.2, 0) is 17.9 Å². The van der Waals surface area contributed by atoms with Gasteiger partial charge in [0.05, 0.1) is 26.7 Å². The van der Waals surface area contributed by atoms with Crippen LogP contribution < -0.4 is 14.8 Å². The Balaban J connectivity index is 1.67. The van der Waals surface area contributed by atoms with Gasteiger partial charge in [0.2, 0.25) is 0 Å². The number of methoxy groups -OCH3 is 2. The maximum absolute atomic E-state index is 12.9. The van der Waals surface area contributed by atoms with E-state index in [1.54, 1.807) is 31.6 Å². The summed E-state index contributed by atoms with van der Waals surface area (Å²) in [6.45, 7) is 1.70. The molecule has 0 spiro atoms. The third-order valence-electron chi connectivity index (χ3n) is 4.88. The van der Waals surface area contributed by atoms with Gasteiger partial charge in [-0.15, -0.1) is 0 Å². The molecule has 1 aliphatic heterocycles. The molecule has 1 fully saturated rings. The van der Waals surface area contributed by atoms with Crippen molar-refractivity contribution in [3.63, 3.8) is 0 Å². The zero-order valence-electron chi connectivity index (χ0n) is 15.7. The number of piperidine rings is 1. The number of para-hydroxylation sites is 1. The Bertz CT molecular complexity index is 762. The molecule has 1 saturated heterocycles. The quantitative estimate of drug-likeness (QED) is 0.735. The predicted octanol–water partition coefficient (Wildman–Crippen LogP) is 1.94. The number of aliphatic hydroxyl groups is 1. The van der Waals surface area contributed by atoms with Gasteiger partial charge in [-0.05, 0) is 25.0 Å². The number of carbonyl (C=O) groups is 1. The van der Waals surface area contributed by atoms with Crippen LogP contribution in [0, 0.1) is 0 Å². The minimum atomic E-state index is -1.41. The summed E-state index contributed by atoms with van der Waals surface area (Å²) in [7, 11) is 3.16. The second-order valence-electron chi connectivity index (χ2n) is 6.75. The van der Waals surface area contributed by atoms with Crippen molar-refractivity contribution in [3.05, 3.63) is 47.9 Å². The number of benzene rings is 1. The van der Waals surface area contributed by atoms with Gasteiger partial charge < -0.3 is 29.2 Å². The topological polar surface area (TPSA) is 84.2 Å². The molecule has 7 heteroatoms. The summed E-state index contributed by atoms with van der Waals surface area (Å²) < 4.78 is 15.8. The Labute approximate surface area is 158 Å². The van der Waals surface area contributed by atoms with Crippen LogP contribution in [0.1, 0.15) is 24.0 Å². The van der Waals surface area contributed by atoms with E-state index in [0.717, 1.165) is 17.5 Å². The summed E-state index contributed by atoms with van der Waals surface area (Å²) in [4.78, 5) is 14.6. The number of nitrogens with one attached hydrogen (secondary N) is 1. The maximum atomic E-state index is 12.9. The molecule has 0 radical (unpaired) electrons. The highest BCUT2D eigenvalue weighted by atomic mass is 16.5. The van der Waals surface area contributed by atoms with Crippen molar-refractivity contribution < 1.29 is 23.8 Å². The average Bonchev–Trinajstić information content (AvgIpc) is 3.19. The first-order chi connectivity index (χ1) is 13.1. The van der Waals surface area contributed by atoms with Crippen LogP contribution in [0.25, 0.3) is 0 Å². The minimum Gasteiger partial charge on any atom is -0.493 e. The van der Waals surface area contributed by atoms with E-state index >= 15 is 0 Å². The van der Waals surface area contributed by atoms with Gasteiger partial charge in [-0.25, -0.2) is 0 Å².